The van der Waals surface area contributed by atoms with Gasteiger partial charge in [0, 0.05) is 13.3 Å². The molecule has 1 aromatic rings. The maximum atomic E-state index is 10.9. The van der Waals surface area contributed by atoms with Crippen molar-refractivity contribution < 1.29 is 19.0 Å². The number of carbonyl (C=O) groups excluding carboxylic acids is 1. The Labute approximate surface area is 94.1 Å². The van der Waals surface area contributed by atoms with Crippen molar-refractivity contribution in [2.24, 2.45) is 0 Å². The van der Waals surface area contributed by atoms with Gasteiger partial charge in [-0.15, -0.1) is 0 Å². The molecule has 2 rings (SSSR count). The third kappa shape index (κ3) is 2.73. The van der Waals surface area contributed by atoms with E-state index in [4.69, 9.17) is 14.2 Å². The molecule has 0 amide bonds. The minimum absolute atomic E-state index is 0.337. The molecule has 0 saturated carbocycles. The molecule has 1 aliphatic heterocycles. The standard InChI is InChI=1S/C12H14O4/c1-8(13)16-11-4-3-9(5-10-7-15-10)6-12(11)14-2/h3-4,6,10H,5,7H2,1-2H3. The summed E-state index contributed by atoms with van der Waals surface area (Å²) < 4.78 is 15.3. The second kappa shape index (κ2) is 4.53. The first-order valence-corrected chi connectivity index (χ1v) is 5.16. The van der Waals surface area contributed by atoms with Gasteiger partial charge in [0.25, 0.3) is 0 Å². The zero-order chi connectivity index (χ0) is 11.5. The highest BCUT2D eigenvalue weighted by atomic mass is 16.6. The van der Waals surface area contributed by atoms with Crippen LogP contribution in [0.3, 0.4) is 0 Å². The molecular weight excluding hydrogens is 208 g/mol. The Morgan fingerprint density at radius 1 is 1.50 bits per heavy atom. The van der Waals surface area contributed by atoms with Crippen LogP contribution in [0.4, 0.5) is 0 Å². The van der Waals surface area contributed by atoms with Gasteiger partial charge in [-0.2, -0.15) is 0 Å². The van der Waals surface area contributed by atoms with Gasteiger partial charge < -0.3 is 14.2 Å². The topological polar surface area (TPSA) is 48.1 Å². The number of esters is 1. The summed E-state index contributed by atoms with van der Waals surface area (Å²) >= 11 is 0. The summed E-state index contributed by atoms with van der Waals surface area (Å²) in [6, 6.07) is 5.54. The van der Waals surface area contributed by atoms with Gasteiger partial charge in [-0.1, -0.05) is 6.07 Å². The fourth-order valence-corrected chi connectivity index (χ4v) is 1.53. The molecule has 1 unspecified atom stereocenters. The predicted octanol–water partition coefficient (Wildman–Crippen LogP) is 1.56. The van der Waals surface area contributed by atoms with Crippen LogP contribution in [0, 0.1) is 0 Å². The molecule has 1 saturated heterocycles. The number of carbonyl (C=O) groups is 1. The Hall–Kier alpha value is -1.55. The Morgan fingerprint density at radius 2 is 2.25 bits per heavy atom. The third-order valence-corrected chi connectivity index (χ3v) is 2.35. The van der Waals surface area contributed by atoms with Crippen molar-refractivity contribution in [3.8, 4) is 11.5 Å². The normalized spacial score (nSPS) is 18.0. The first-order chi connectivity index (χ1) is 7.69. The first-order valence-electron chi connectivity index (χ1n) is 5.16. The van der Waals surface area contributed by atoms with Crippen LogP contribution in [-0.2, 0) is 16.0 Å². The average Bonchev–Trinajstić information content (AvgIpc) is 3.03. The molecule has 1 heterocycles. The lowest BCUT2D eigenvalue weighted by atomic mass is 10.1. The molecule has 0 bridgehead atoms. The first kappa shape index (κ1) is 11.0. The van der Waals surface area contributed by atoms with Gasteiger partial charge >= 0.3 is 5.97 Å². The zero-order valence-corrected chi connectivity index (χ0v) is 9.36. The average molecular weight is 222 g/mol. The van der Waals surface area contributed by atoms with Crippen LogP contribution in [0.1, 0.15) is 12.5 Å². The molecule has 1 aliphatic rings. The molecular formula is C12H14O4. The Morgan fingerprint density at radius 3 is 2.81 bits per heavy atom. The van der Waals surface area contributed by atoms with Gasteiger partial charge in [0.05, 0.1) is 19.8 Å². The second-order valence-electron chi connectivity index (χ2n) is 3.74. The van der Waals surface area contributed by atoms with Crippen LogP contribution in [0.25, 0.3) is 0 Å². The van der Waals surface area contributed by atoms with E-state index in [2.05, 4.69) is 0 Å². The number of ether oxygens (including phenoxy) is 3. The van der Waals surface area contributed by atoms with Crippen LogP contribution in [-0.4, -0.2) is 25.8 Å². The number of hydrogen-bond donors (Lipinski definition) is 0. The van der Waals surface area contributed by atoms with Crippen molar-refractivity contribution in [1.82, 2.24) is 0 Å². The lowest BCUT2D eigenvalue weighted by Crippen LogP contribution is -2.03. The number of benzene rings is 1. The maximum Gasteiger partial charge on any atom is 0.308 e. The van der Waals surface area contributed by atoms with E-state index in [-0.39, 0.29) is 5.97 Å². The minimum atomic E-state index is -0.350. The summed E-state index contributed by atoms with van der Waals surface area (Å²) in [5.41, 5.74) is 1.12. The van der Waals surface area contributed by atoms with E-state index in [9.17, 15) is 4.79 Å². The van der Waals surface area contributed by atoms with Crippen molar-refractivity contribution >= 4 is 5.97 Å². The summed E-state index contributed by atoms with van der Waals surface area (Å²) in [6.45, 7) is 2.19. The smallest absolute Gasteiger partial charge is 0.308 e. The van der Waals surface area contributed by atoms with E-state index in [1.54, 1.807) is 13.2 Å². The van der Waals surface area contributed by atoms with E-state index in [1.807, 2.05) is 12.1 Å². The molecule has 1 aromatic carbocycles. The highest BCUT2D eigenvalue weighted by molar-refractivity contribution is 5.70. The van der Waals surface area contributed by atoms with Crippen molar-refractivity contribution in [1.29, 1.82) is 0 Å². The molecule has 0 aromatic heterocycles. The molecule has 0 N–H and O–H groups in total. The lowest BCUT2D eigenvalue weighted by molar-refractivity contribution is -0.132. The van der Waals surface area contributed by atoms with E-state index >= 15 is 0 Å². The summed E-state index contributed by atoms with van der Waals surface area (Å²) in [5.74, 6) is 0.681. The van der Waals surface area contributed by atoms with E-state index in [0.29, 0.717) is 17.6 Å². The summed E-state index contributed by atoms with van der Waals surface area (Å²) in [6.07, 6.45) is 1.21. The lowest BCUT2D eigenvalue weighted by Gasteiger charge is -2.09. The number of methoxy groups -OCH3 is 1. The Kier molecular flexibility index (Phi) is 3.10. The van der Waals surface area contributed by atoms with Gasteiger partial charge in [0.2, 0.25) is 0 Å². The highest BCUT2D eigenvalue weighted by Crippen LogP contribution is 2.29. The number of rotatable bonds is 4. The maximum absolute atomic E-state index is 10.9. The van der Waals surface area contributed by atoms with Crippen molar-refractivity contribution in [2.75, 3.05) is 13.7 Å². The SMILES string of the molecule is COc1cc(CC2CO2)ccc1OC(C)=O. The minimum Gasteiger partial charge on any atom is -0.493 e. The van der Waals surface area contributed by atoms with Crippen LogP contribution < -0.4 is 9.47 Å². The van der Waals surface area contributed by atoms with Crippen LogP contribution in [0.2, 0.25) is 0 Å². The molecule has 1 fully saturated rings. The molecule has 16 heavy (non-hydrogen) atoms. The van der Waals surface area contributed by atoms with E-state index in [0.717, 1.165) is 18.6 Å². The van der Waals surface area contributed by atoms with Gasteiger partial charge in [-0.05, 0) is 17.7 Å². The molecule has 86 valence electrons. The Balaban J connectivity index is 2.15. The third-order valence-electron chi connectivity index (χ3n) is 2.35. The fourth-order valence-electron chi connectivity index (χ4n) is 1.53. The summed E-state index contributed by atoms with van der Waals surface area (Å²) in [5, 5.41) is 0. The van der Waals surface area contributed by atoms with Crippen molar-refractivity contribution in [2.45, 2.75) is 19.4 Å². The largest absolute Gasteiger partial charge is 0.493 e. The monoisotopic (exact) mass is 222 g/mol. The van der Waals surface area contributed by atoms with Crippen LogP contribution in [0.5, 0.6) is 11.5 Å². The molecule has 4 nitrogen and oxygen atoms in total. The second-order valence-corrected chi connectivity index (χ2v) is 3.74. The Bertz CT molecular complexity index is 396. The van der Waals surface area contributed by atoms with Gasteiger partial charge in [0.15, 0.2) is 11.5 Å². The number of hydrogen-bond acceptors (Lipinski definition) is 4. The van der Waals surface area contributed by atoms with Crippen molar-refractivity contribution in [3.05, 3.63) is 23.8 Å². The zero-order valence-electron chi connectivity index (χ0n) is 9.36. The fraction of sp³-hybridized carbons (Fsp3) is 0.417. The number of epoxide rings is 1. The van der Waals surface area contributed by atoms with Crippen molar-refractivity contribution in [3.63, 3.8) is 0 Å². The molecule has 1 atom stereocenters. The van der Waals surface area contributed by atoms with E-state index < -0.39 is 0 Å². The predicted molar refractivity (Wildman–Crippen MR) is 57.7 cm³/mol. The quantitative estimate of drug-likeness (QED) is 0.440. The highest BCUT2D eigenvalue weighted by Gasteiger charge is 2.23. The summed E-state index contributed by atoms with van der Waals surface area (Å²) in [4.78, 5) is 10.9. The van der Waals surface area contributed by atoms with E-state index in [1.165, 1.54) is 6.92 Å². The van der Waals surface area contributed by atoms with Crippen LogP contribution >= 0.6 is 0 Å². The molecule has 0 spiro atoms. The molecule has 0 radical (unpaired) electrons. The molecule has 4 heteroatoms. The van der Waals surface area contributed by atoms with Gasteiger partial charge in [-0.25, -0.2) is 0 Å². The van der Waals surface area contributed by atoms with Crippen LogP contribution in [0.15, 0.2) is 18.2 Å². The molecule has 0 aliphatic carbocycles. The van der Waals surface area contributed by atoms with Gasteiger partial charge in [0.1, 0.15) is 0 Å². The van der Waals surface area contributed by atoms with Gasteiger partial charge in [-0.3, -0.25) is 4.79 Å². The summed E-state index contributed by atoms with van der Waals surface area (Å²) in [7, 11) is 1.56.